The number of benzene rings is 1. The quantitative estimate of drug-likeness (QED) is 0.515. The van der Waals surface area contributed by atoms with E-state index in [0.29, 0.717) is 0 Å². The molecule has 3 rings (SSSR count). The Hall–Kier alpha value is -1.85. The molecule has 0 saturated carbocycles. The Morgan fingerprint density at radius 3 is 2.62 bits per heavy atom. The van der Waals surface area contributed by atoms with E-state index in [1.54, 1.807) is 6.08 Å². The molecule has 6 nitrogen and oxygen atoms in total. The van der Waals surface area contributed by atoms with E-state index in [4.69, 9.17) is 15.0 Å². The van der Waals surface area contributed by atoms with Gasteiger partial charge in [0.2, 0.25) is 0 Å². The Morgan fingerprint density at radius 1 is 1.24 bits per heavy atom. The van der Waals surface area contributed by atoms with E-state index in [1.807, 2.05) is 44.2 Å². The fourth-order valence-electron chi connectivity index (χ4n) is 2.90. The van der Waals surface area contributed by atoms with Crippen LogP contribution in [0, 0.1) is 0 Å². The number of azide groups is 1. The van der Waals surface area contributed by atoms with Gasteiger partial charge in [-0.25, -0.2) is 0 Å². The third-order valence-corrected chi connectivity index (χ3v) is 3.76. The van der Waals surface area contributed by atoms with Gasteiger partial charge in [0.1, 0.15) is 12.2 Å². The molecule has 0 bridgehead atoms. The molecule has 1 N–H and O–H groups in total. The first-order valence-corrected chi connectivity index (χ1v) is 6.87. The molecule has 1 fully saturated rings. The molecule has 0 unspecified atom stereocenters. The van der Waals surface area contributed by atoms with Gasteiger partial charge < -0.3 is 14.6 Å². The Bertz CT molecular complexity index is 608. The molecule has 4 atom stereocenters. The molecule has 1 aliphatic heterocycles. The maximum atomic E-state index is 10.4. The number of hydrogen-bond donors (Lipinski definition) is 1. The summed E-state index contributed by atoms with van der Waals surface area (Å²) in [6.07, 6.45) is -0.0653. The van der Waals surface area contributed by atoms with Crippen LogP contribution in [0.3, 0.4) is 0 Å². The highest BCUT2D eigenvalue weighted by molar-refractivity contribution is 5.71. The van der Waals surface area contributed by atoms with Crippen LogP contribution in [-0.4, -0.2) is 35.2 Å². The van der Waals surface area contributed by atoms with Gasteiger partial charge in [-0.2, -0.15) is 0 Å². The summed E-state index contributed by atoms with van der Waals surface area (Å²) in [5.41, 5.74) is 10.5. The minimum absolute atomic E-state index is 0.373. The number of fused-ring (bicyclic) bond motifs is 1. The van der Waals surface area contributed by atoms with Crippen molar-refractivity contribution in [1.29, 1.82) is 0 Å². The summed E-state index contributed by atoms with van der Waals surface area (Å²) in [4.78, 5) is 2.81. The molecule has 1 aliphatic carbocycles. The fourth-order valence-corrected chi connectivity index (χ4v) is 2.90. The number of rotatable bonds is 2. The summed E-state index contributed by atoms with van der Waals surface area (Å²) < 4.78 is 11.7. The summed E-state index contributed by atoms with van der Waals surface area (Å²) >= 11 is 0. The van der Waals surface area contributed by atoms with Crippen LogP contribution in [0.15, 0.2) is 41.5 Å². The first-order chi connectivity index (χ1) is 10.0. The van der Waals surface area contributed by atoms with Crippen LogP contribution in [0.1, 0.15) is 19.4 Å². The number of nitrogens with zero attached hydrogens (tertiary/aromatic N) is 3. The van der Waals surface area contributed by atoms with Crippen LogP contribution in [0.5, 0.6) is 0 Å². The predicted octanol–water partition coefficient (Wildman–Crippen LogP) is 2.64. The maximum Gasteiger partial charge on any atom is 0.164 e. The topological polar surface area (TPSA) is 87.5 Å². The van der Waals surface area contributed by atoms with Crippen molar-refractivity contribution in [2.75, 3.05) is 0 Å². The van der Waals surface area contributed by atoms with E-state index in [9.17, 15) is 5.11 Å². The van der Waals surface area contributed by atoms with Gasteiger partial charge in [0.05, 0.1) is 12.1 Å². The lowest BCUT2D eigenvalue weighted by molar-refractivity contribution is -0.152. The lowest BCUT2D eigenvalue weighted by Crippen LogP contribution is -2.45. The lowest BCUT2D eigenvalue weighted by Gasteiger charge is -2.32. The molecule has 0 radical (unpaired) electrons. The van der Waals surface area contributed by atoms with Gasteiger partial charge in [0, 0.05) is 4.91 Å². The van der Waals surface area contributed by atoms with Gasteiger partial charge in [0.25, 0.3) is 0 Å². The average Bonchev–Trinajstić information content (AvgIpc) is 2.79. The molecule has 0 aromatic heterocycles. The molecule has 0 amide bonds. The van der Waals surface area contributed by atoms with Crippen LogP contribution >= 0.6 is 0 Å². The van der Waals surface area contributed by atoms with Gasteiger partial charge in [0.15, 0.2) is 5.79 Å². The SMILES string of the molecule is CC1(C)O[C@H]2[C@H](O)[C@@H](N=[N+]=[N-])C=C(c3ccccc3)[C@H]2O1. The second-order valence-electron chi connectivity index (χ2n) is 5.69. The third-order valence-electron chi connectivity index (χ3n) is 3.76. The molecular formula is C15H17N3O3. The largest absolute Gasteiger partial charge is 0.390 e. The van der Waals surface area contributed by atoms with Crippen LogP contribution in [0.2, 0.25) is 0 Å². The Balaban J connectivity index is 2.06. The second-order valence-corrected chi connectivity index (χ2v) is 5.69. The van der Waals surface area contributed by atoms with Crippen LogP contribution in [-0.2, 0) is 9.47 Å². The van der Waals surface area contributed by atoms with E-state index >= 15 is 0 Å². The zero-order chi connectivity index (χ0) is 15.0. The van der Waals surface area contributed by atoms with Gasteiger partial charge in [-0.3, -0.25) is 0 Å². The standard InChI is InChI=1S/C15H17N3O3/c1-15(2)20-13-10(9-6-4-3-5-7-9)8-11(17-18-16)12(19)14(13)21-15/h3-8,11-14,19H,1-2H3/t11-,12+,13+,14-/m0/s1. The lowest BCUT2D eigenvalue weighted by atomic mass is 9.85. The first kappa shape index (κ1) is 14.1. The maximum absolute atomic E-state index is 10.4. The van der Waals surface area contributed by atoms with Crippen molar-refractivity contribution in [3.63, 3.8) is 0 Å². The van der Waals surface area contributed by atoms with E-state index in [0.717, 1.165) is 11.1 Å². The van der Waals surface area contributed by atoms with Gasteiger partial charge in [-0.1, -0.05) is 41.5 Å². The Morgan fingerprint density at radius 2 is 1.95 bits per heavy atom. The minimum Gasteiger partial charge on any atom is -0.390 e. The summed E-state index contributed by atoms with van der Waals surface area (Å²) in [7, 11) is 0. The summed E-state index contributed by atoms with van der Waals surface area (Å²) in [5.74, 6) is -0.782. The van der Waals surface area contributed by atoms with Crippen LogP contribution < -0.4 is 0 Å². The third kappa shape index (κ3) is 2.54. The summed E-state index contributed by atoms with van der Waals surface area (Å²) in [5, 5.41) is 14.0. The average molecular weight is 287 g/mol. The minimum atomic E-state index is -0.917. The summed E-state index contributed by atoms with van der Waals surface area (Å²) in [6, 6.07) is 9.05. The van der Waals surface area contributed by atoms with E-state index < -0.39 is 24.0 Å². The van der Waals surface area contributed by atoms with Crippen LogP contribution in [0.25, 0.3) is 16.0 Å². The van der Waals surface area contributed by atoms with E-state index in [1.165, 1.54) is 0 Å². The van der Waals surface area contributed by atoms with E-state index in [-0.39, 0.29) is 6.10 Å². The number of aliphatic hydroxyl groups is 1. The molecule has 1 saturated heterocycles. The van der Waals surface area contributed by atoms with Crippen LogP contribution in [0.4, 0.5) is 0 Å². The number of aliphatic hydroxyl groups excluding tert-OH is 1. The van der Waals surface area contributed by atoms with E-state index in [2.05, 4.69) is 10.0 Å². The molecule has 21 heavy (non-hydrogen) atoms. The highest BCUT2D eigenvalue weighted by atomic mass is 16.8. The van der Waals surface area contributed by atoms with Crippen molar-refractivity contribution in [1.82, 2.24) is 0 Å². The predicted molar refractivity (Wildman–Crippen MR) is 77.2 cm³/mol. The zero-order valence-electron chi connectivity index (χ0n) is 11.9. The van der Waals surface area contributed by atoms with Crippen molar-refractivity contribution >= 4 is 5.57 Å². The summed E-state index contributed by atoms with van der Waals surface area (Å²) in [6.45, 7) is 3.62. The number of hydrogen-bond acceptors (Lipinski definition) is 4. The zero-order valence-corrected chi connectivity index (χ0v) is 11.9. The van der Waals surface area contributed by atoms with Crippen molar-refractivity contribution < 1.29 is 14.6 Å². The van der Waals surface area contributed by atoms with Crippen molar-refractivity contribution in [2.24, 2.45) is 5.11 Å². The Labute approximate surface area is 122 Å². The van der Waals surface area contributed by atoms with Crippen molar-refractivity contribution in [3.05, 3.63) is 52.4 Å². The first-order valence-electron chi connectivity index (χ1n) is 6.87. The molecule has 2 aliphatic rings. The van der Waals surface area contributed by atoms with Gasteiger partial charge in [-0.05, 0) is 30.5 Å². The molecular weight excluding hydrogens is 270 g/mol. The molecule has 1 aromatic rings. The Kier molecular flexibility index (Phi) is 3.47. The highest BCUT2D eigenvalue weighted by Gasteiger charge is 2.50. The van der Waals surface area contributed by atoms with Crippen molar-refractivity contribution in [2.45, 2.75) is 44.0 Å². The molecule has 6 heteroatoms. The molecule has 1 heterocycles. The smallest absolute Gasteiger partial charge is 0.164 e. The molecule has 0 spiro atoms. The fraction of sp³-hybridized carbons (Fsp3) is 0.467. The molecule has 110 valence electrons. The van der Waals surface area contributed by atoms with Crippen molar-refractivity contribution in [3.8, 4) is 0 Å². The van der Waals surface area contributed by atoms with Gasteiger partial charge in [-0.15, -0.1) is 0 Å². The molecule has 1 aromatic carbocycles. The monoisotopic (exact) mass is 287 g/mol. The number of ether oxygens (including phenoxy) is 2. The second kappa shape index (κ2) is 5.16. The van der Waals surface area contributed by atoms with Gasteiger partial charge >= 0.3 is 0 Å². The normalized spacial score (nSPS) is 33.8. The highest BCUT2D eigenvalue weighted by Crippen LogP contribution is 2.41.